The van der Waals surface area contributed by atoms with Crippen LogP contribution >= 0.6 is 0 Å². The minimum atomic E-state index is -1.09. The lowest BCUT2D eigenvalue weighted by atomic mass is 9.92. The normalized spacial score (nSPS) is 13.7. The van der Waals surface area contributed by atoms with E-state index < -0.39 is 5.97 Å². The van der Waals surface area contributed by atoms with Crippen LogP contribution in [0.15, 0.2) is 12.1 Å². The largest absolute Gasteiger partial charge is 0.485 e. The molecule has 2 rings (SSSR count). The van der Waals surface area contributed by atoms with Gasteiger partial charge in [0.15, 0.2) is 11.5 Å². The molecule has 6 heteroatoms. The first-order chi connectivity index (χ1) is 9.78. The number of benzene rings is 1. The number of ether oxygens (including phenoxy) is 2. The maximum absolute atomic E-state index is 12.0. The van der Waals surface area contributed by atoms with Gasteiger partial charge in [0.1, 0.15) is 18.8 Å². The summed E-state index contributed by atoms with van der Waals surface area (Å²) in [6, 6.07) is 2.93. The van der Waals surface area contributed by atoms with Crippen LogP contribution in [-0.4, -0.2) is 30.2 Å². The van der Waals surface area contributed by atoms with Gasteiger partial charge in [-0.3, -0.25) is 4.79 Å². The van der Waals surface area contributed by atoms with Gasteiger partial charge in [-0.1, -0.05) is 20.8 Å². The molecular weight excluding hydrogens is 274 g/mol. The van der Waals surface area contributed by atoms with E-state index in [-0.39, 0.29) is 35.0 Å². The van der Waals surface area contributed by atoms with Gasteiger partial charge < -0.3 is 19.9 Å². The molecule has 0 saturated heterocycles. The summed E-state index contributed by atoms with van der Waals surface area (Å²) >= 11 is 0. The van der Waals surface area contributed by atoms with Crippen LogP contribution in [0.1, 0.15) is 37.6 Å². The minimum Gasteiger partial charge on any atom is -0.485 e. The van der Waals surface area contributed by atoms with Gasteiger partial charge >= 0.3 is 5.97 Å². The van der Waals surface area contributed by atoms with Crippen LogP contribution in [0.25, 0.3) is 0 Å². The number of fused-ring (bicyclic) bond motifs is 1. The lowest BCUT2D eigenvalue weighted by Gasteiger charge is -2.23. The number of carboxylic acids is 1. The van der Waals surface area contributed by atoms with Gasteiger partial charge in [0.25, 0.3) is 0 Å². The summed E-state index contributed by atoms with van der Waals surface area (Å²) in [6.07, 6.45) is 0.351. The number of hydrogen-bond donors (Lipinski definition) is 2. The van der Waals surface area contributed by atoms with Crippen LogP contribution in [0.2, 0.25) is 0 Å². The second kappa shape index (κ2) is 5.63. The molecule has 0 aromatic heterocycles. The Balaban J connectivity index is 2.29. The Bertz CT molecular complexity index is 574. The number of anilines is 1. The molecule has 2 N–H and O–H groups in total. The predicted molar refractivity (Wildman–Crippen MR) is 77.1 cm³/mol. The molecule has 1 aliphatic heterocycles. The lowest BCUT2D eigenvalue weighted by Crippen LogP contribution is -2.22. The van der Waals surface area contributed by atoms with E-state index in [0.29, 0.717) is 18.7 Å². The zero-order chi connectivity index (χ0) is 15.6. The summed E-state index contributed by atoms with van der Waals surface area (Å²) in [5, 5.41) is 11.9. The Morgan fingerprint density at radius 2 is 1.81 bits per heavy atom. The zero-order valence-corrected chi connectivity index (χ0v) is 12.4. The Labute approximate surface area is 123 Å². The molecular formula is C15H19NO5. The molecule has 0 unspecified atom stereocenters. The fourth-order valence-corrected chi connectivity index (χ4v) is 2.08. The number of carbonyl (C=O) groups excluding carboxylic acids is 1. The number of amides is 1. The number of nitrogens with one attached hydrogen (secondary N) is 1. The molecule has 114 valence electrons. The molecule has 1 aromatic rings. The van der Waals surface area contributed by atoms with E-state index in [2.05, 4.69) is 5.32 Å². The van der Waals surface area contributed by atoms with Gasteiger partial charge in [-0.2, -0.15) is 0 Å². The average molecular weight is 293 g/mol. The van der Waals surface area contributed by atoms with Crippen molar-refractivity contribution in [3.8, 4) is 11.5 Å². The van der Waals surface area contributed by atoms with Crippen molar-refractivity contribution in [1.29, 1.82) is 0 Å². The predicted octanol–water partition coefficient (Wildman–Crippen LogP) is 2.53. The van der Waals surface area contributed by atoms with Crippen molar-refractivity contribution >= 4 is 17.6 Å². The lowest BCUT2D eigenvalue weighted by molar-refractivity contribution is -0.117. The van der Waals surface area contributed by atoms with Crippen molar-refractivity contribution in [3.05, 3.63) is 17.7 Å². The first kappa shape index (κ1) is 15.2. The second-order valence-electron chi connectivity index (χ2n) is 6.11. The topological polar surface area (TPSA) is 84.9 Å². The third-order valence-electron chi connectivity index (χ3n) is 2.88. The molecule has 1 aliphatic rings. The molecule has 21 heavy (non-hydrogen) atoms. The standard InChI is InChI=1S/C15H19NO5/c1-15(2,3)8-11(17)16-10-5-4-9(14(18)19)12-13(10)21-7-6-20-12/h4-5H,6-8H2,1-3H3,(H,16,17)(H,18,19). The number of carbonyl (C=O) groups is 2. The van der Waals surface area contributed by atoms with Crippen molar-refractivity contribution in [1.82, 2.24) is 0 Å². The zero-order valence-electron chi connectivity index (χ0n) is 12.4. The highest BCUT2D eigenvalue weighted by Gasteiger charge is 2.25. The van der Waals surface area contributed by atoms with E-state index in [0.717, 1.165) is 0 Å². The molecule has 0 radical (unpaired) electrons. The van der Waals surface area contributed by atoms with E-state index in [1.807, 2.05) is 20.8 Å². The maximum atomic E-state index is 12.0. The van der Waals surface area contributed by atoms with Gasteiger partial charge in [-0.15, -0.1) is 0 Å². The number of aromatic carboxylic acids is 1. The van der Waals surface area contributed by atoms with Crippen molar-refractivity contribution < 1.29 is 24.2 Å². The van der Waals surface area contributed by atoms with Crippen LogP contribution in [-0.2, 0) is 4.79 Å². The molecule has 1 heterocycles. The molecule has 0 bridgehead atoms. The smallest absolute Gasteiger partial charge is 0.339 e. The Kier molecular flexibility index (Phi) is 4.06. The number of carboxylic acid groups (broad SMARTS) is 1. The van der Waals surface area contributed by atoms with Crippen LogP contribution in [0.5, 0.6) is 11.5 Å². The van der Waals surface area contributed by atoms with E-state index >= 15 is 0 Å². The summed E-state index contributed by atoms with van der Waals surface area (Å²) in [6.45, 7) is 6.50. The monoisotopic (exact) mass is 293 g/mol. The summed E-state index contributed by atoms with van der Waals surface area (Å²) in [5.74, 6) is -0.794. The van der Waals surface area contributed by atoms with Gasteiger partial charge in [-0.05, 0) is 17.5 Å². The highest BCUT2D eigenvalue weighted by Crippen LogP contribution is 2.40. The molecule has 0 fully saturated rings. The second-order valence-corrected chi connectivity index (χ2v) is 6.11. The van der Waals surface area contributed by atoms with Crippen molar-refractivity contribution in [2.24, 2.45) is 5.41 Å². The molecule has 1 amide bonds. The Hall–Kier alpha value is -2.24. The summed E-state index contributed by atoms with van der Waals surface area (Å²) in [7, 11) is 0. The number of rotatable bonds is 3. The van der Waals surface area contributed by atoms with E-state index in [4.69, 9.17) is 14.6 Å². The SMILES string of the molecule is CC(C)(C)CC(=O)Nc1ccc(C(=O)O)c2c1OCCO2. The molecule has 0 saturated carbocycles. The first-order valence-electron chi connectivity index (χ1n) is 6.74. The summed E-state index contributed by atoms with van der Waals surface area (Å²) in [5.41, 5.74) is 0.324. The molecule has 6 nitrogen and oxygen atoms in total. The van der Waals surface area contributed by atoms with Crippen molar-refractivity contribution in [3.63, 3.8) is 0 Å². The Morgan fingerprint density at radius 1 is 1.19 bits per heavy atom. The highest BCUT2D eigenvalue weighted by atomic mass is 16.6. The summed E-state index contributed by atoms with van der Waals surface area (Å²) < 4.78 is 10.9. The van der Waals surface area contributed by atoms with Gasteiger partial charge in [0.2, 0.25) is 5.91 Å². The molecule has 0 spiro atoms. The minimum absolute atomic E-state index is 0.0264. The first-order valence-corrected chi connectivity index (χ1v) is 6.74. The van der Waals surface area contributed by atoms with Crippen LogP contribution < -0.4 is 14.8 Å². The third kappa shape index (κ3) is 3.65. The summed E-state index contributed by atoms with van der Waals surface area (Å²) in [4.78, 5) is 23.2. The van der Waals surface area contributed by atoms with Crippen LogP contribution in [0.4, 0.5) is 5.69 Å². The van der Waals surface area contributed by atoms with Gasteiger partial charge in [-0.25, -0.2) is 4.79 Å². The third-order valence-corrected chi connectivity index (χ3v) is 2.88. The fraction of sp³-hybridized carbons (Fsp3) is 0.467. The van der Waals surface area contributed by atoms with Crippen molar-refractivity contribution in [2.45, 2.75) is 27.2 Å². The maximum Gasteiger partial charge on any atom is 0.339 e. The average Bonchev–Trinajstić information content (AvgIpc) is 2.36. The number of hydrogen-bond acceptors (Lipinski definition) is 4. The molecule has 0 aliphatic carbocycles. The van der Waals surface area contributed by atoms with E-state index in [9.17, 15) is 9.59 Å². The van der Waals surface area contributed by atoms with E-state index in [1.54, 1.807) is 0 Å². The molecule has 0 atom stereocenters. The van der Waals surface area contributed by atoms with Crippen LogP contribution in [0, 0.1) is 5.41 Å². The fourth-order valence-electron chi connectivity index (χ4n) is 2.08. The molecule has 1 aromatic carbocycles. The van der Waals surface area contributed by atoms with E-state index in [1.165, 1.54) is 12.1 Å². The van der Waals surface area contributed by atoms with Gasteiger partial charge in [0.05, 0.1) is 5.69 Å². The van der Waals surface area contributed by atoms with Gasteiger partial charge in [0, 0.05) is 6.42 Å². The van der Waals surface area contributed by atoms with Crippen LogP contribution in [0.3, 0.4) is 0 Å². The van der Waals surface area contributed by atoms with Crippen molar-refractivity contribution in [2.75, 3.05) is 18.5 Å². The quantitative estimate of drug-likeness (QED) is 0.894. The highest BCUT2D eigenvalue weighted by molar-refractivity contribution is 5.97. The Morgan fingerprint density at radius 3 is 2.38 bits per heavy atom.